The van der Waals surface area contributed by atoms with Crippen LogP contribution in [0.15, 0.2) is 24.3 Å². The van der Waals surface area contributed by atoms with Gasteiger partial charge in [-0.3, -0.25) is 0 Å². The number of halogens is 1. The molecule has 0 aliphatic carbocycles. The van der Waals surface area contributed by atoms with Gasteiger partial charge < -0.3 is 4.90 Å². The van der Waals surface area contributed by atoms with Gasteiger partial charge in [0.1, 0.15) is 6.07 Å². The molecule has 1 saturated heterocycles. The van der Waals surface area contributed by atoms with E-state index in [1.165, 1.54) is 11.2 Å². The molecule has 1 aliphatic rings. The van der Waals surface area contributed by atoms with Crippen molar-refractivity contribution in [3.8, 4) is 11.8 Å². The zero-order valence-electron chi connectivity index (χ0n) is 12.5. The average Bonchev–Trinajstić information content (AvgIpc) is 2.99. The van der Waals surface area contributed by atoms with E-state index in [9.17, 15) is 5.26 Å². The molecule has 0 N–H and O–H groups in total. The molecule has 1 aliphatic heterocycles. The molecule has 0 saturated carbocycles. The van der Waals surface area contributed by atoms with Crippen LogP contribution < -0.4 is 4.90 Å². The number of anilines is 1. The van der Waals surface area contributed by atoms with Gasteiger partial charge in [-0.05, 0) is 49.9 Å². The van der Waals surface area contributed by atoms with E-state index >= 15 is 0 Å². The first-order valence-electron chi connectivity index (χ1n) is 7.63. The summed E-state index contributed by atoms with van der Waals surface area (Å²) in [5, 5.41) is 19.0. The van der Waals surface area contributed by atoms with Crippen molar-refractivity contribution in [3.05, 3.63) is 35.0 Å². The van der Waals surface area contributed by atoms with Crippen LogP contribution in [-0.2, 0) is 0 Å². The second-order valence-electron chi connectivity index (χ2n) is 5.50. The van der Waals surface area contributed by atoms with Crippen molar-refractivity contribution in [2.75, 3.05) is 11.4 Å². The quantitative estimate of drug-likeness (QED) is 0.869. The van der Waals surface area contributed by atoms with Crippen LogP contribution in [0.5, 0.6) is 0 Å². The smallest absolute Gasteiger partial charge is 0.207 e. The molecule has 1 aromatic heterocycles. The van der Waals surface area contributed by atoms with Gasteiger partial charge in [0.15, 0.2) is 5.82 Å². The minimum Gasteiger partial charge on any atom is -0.350 e. The van der Waals surface area contributed by atoms with Gasteiger partial charge in [0.05, 0.1) is 5.69 Å². The Balaban J connectivity index is 1.98. The van der Waals surface area contributed by atoms with Gasteiger partial charge in [-0.1, -0.05) is 18.5 Å². The van der Waals surface area contributed by atoms with Gasteiger partial charge in [-0.2, -0.15) is 5.26 Å². The molecule has 2 heterocycles. The summed E-state index contributed by atoms with van der Waals surface area (Å²) in [5.74, 6) is 0.698. The third-order valence-electron chi connectivity index (χ3n) is 4.13. The Morgan fingerprint density at radius 2 is 2.05 bits per heavy atom. The van der Waals surface area contributed by atoms with Crippen molar-refractivity contribution in [3.63, 3.8) is 0 Å². The molecule has 2 aromatic rings. The summed E-state index contributed by atoms with van der Waals surface area (Å²) in [5.41, 5.74) is 1.19. The molecule has 0 amide bonds. The summed E-state index contributed by atoms with van der Waals surface area (Å²) in [7, 11) is 0. The molecule has 114 valence electrons. The standard InChI is InChI=1S/C16H18ClN5/c1-2-13-5-3-4-10-21(13)16-15(11-18)19-22(20-16)14-8-6-12(17)7-9-14/h6-9,13H,2-5,10H2,1H3. The first-order chi connectivity index (χ1) is 10.7. The molecule has 0 radical (unpaired) electrons. The van der Waals surface area contributed by atoms with Crippen molar-refractivity contribution in [1.29, 1.82) is 5.26 Å². The fraction of sp³-hybridized carbons (Fsp3) is 0.438. The third-order valence-corrected chi connectivity index (χ3v) is 4.38. The van der Waals surface area contributed by atoms with Crippen LogP contribution in [0.4, 0.5) is 5.82 Å². The van der Waals surface area contributed by atoms with Crippen LogP contribution in [0.2, 0.25) is 5.02 Å². The van der Waals surface area contributed by atoms with E-state index < -0.39 is 0 Å². The van der Waals surface area contributed by atoms with E-state index in [0.717, 1.165) is 31.5 Å². The van der Waals surface area contributed by atoms with Crippen LogP contribution in [-0.4, -0.2) is 27.6 Å². The Hall–Kier alpha value is -2.06. The maximum absolute atomic E-state index is 9.40. The molecule has 0 spiro atoms. The maximum Gasteiger partial charge on any atom is 0.207 e. The normalized spacial score (nSPS) is 18.2. The van der Waals surface area contributed by atoms with Crippen LogP contribution in [0.3, 0.4) is 0 Å². The Bertz CT molecular complexity index is 686. The van der Waals surface area contributed by atoms with Crippen molar-refractivity contribution in [1.82, 2.24) is 15.0 Å². The number of hydrogen-bond acceptors (Lipinski definition) is 4. The Morgan fingerprint density at radius 1 is 1.27 bits per heavy atom. The minimum absolute atomic E-state index is 0.385. The van der Waals surface area contributed by atoms with Gasteiger partial charge in [-0.15, -0.1) is 15.0 Å². The SMILES string of the molecule is CCC1CCCCN1c1nn(-c2ccc(Cl)cc2)nc1C#N. The Morgan fingerprint density at radius 3 is 2.73 bits per heavy atom. The van der Waals surface area contributed by atoms with Gasteiger partial charge >= 0.3 is 0 Å². The van der Waals surface area contributed by atoms with E-state index in [0.29, 0.717) is 22.6 Å². The highest BCUT2D eigenvalue weighted by molar-refractivity contribution is 6.30. The number of aromatic nitrogens is 3. The monoisotopic (exact) mass is 315 g/mol. The van der Waals surface area contributed by atoms with Crippen LogP contribution in [0.1, 0.15) is 38.3 Å². The van der Waals surface area contributed by atoms with Crippen molar-refractivity contribution in [2.24, 2.45) is 0 Å². The molecule has 1 atom stereocenters. The average molecular weight is 316 g/mol. The zero-order valence-corrected chi connectivity index (χ0v) is 13.3. The minimum atomic E-state index is 0.385. The Kier molecular flexibility index (Phi) is 4.30. The van der Waals surface area contributed by atoms with Gasteiger partial charge in [0.2, 0.25) is 5.69 Å². The second kappa shape index (κ2) is 6.37. The summed E-state index contributed by atoms with van der Waals surface area (Å²) in [4.78, 5) is 3.76. The van der Waals surface area contributed by atoms with Gasteiger partial charge in [0, 0.05) is 17.6 Å². The predicted octanol–water partition coefficient (Wildman–Crippen LogP) is 3.56. The maximum atomic E-state index is 9.40. The molecule has 6 heteroatoms. The molecule has 1 aromatic carbocycles. The zero-order chi connectivity index (χ0) is 15.5. The molecule has 1 unspecified atom stereocenters. The first kappa shape index (κ1) is 14.9. The first-order valence-corrected chi connectivity index (χ1v) is 8.00. The predicted molar refractivity (Wildman–Crippen MR) is 86.4 cm³/mol. The van der Waals surface area contributed by atoms with E-state index in [1.807, 2.05) is 12.1 Å². The highest BCUT2D eigenvalue weighted by atomic mass is 35.5. The highest BCUT2D eigenvalue weighted by Crippen LogP contribution is 2.27. The molecule has 1 fully saturated rings. The van der Waals surface area contributed by atoms with Gasteiger partial charge in [-0.25, -0.2) is 0 Å². The number of hydrogen-bond donors (Lipinski definition) is 0. The number of benzene rings is 1. The molecular weight excluding hydrogens is 298 g/mol. The lowest BCUT2D eigenvalue weighted by Crippen LogP contribution is -2.39. The molecular formula is C16H18ClN5. The van der Waals surface area contributed by atoms with E-state index in [2.05, 4.69) is 28.1 Å². The fourth-order valence-electron chi connectivity index (χ4n) is 2.96. The number of nitrogens with zero attached hydrogens (tertiary/aromatic N) is 5. The molecule has 3 rings (SSSR count). The van der Waals surface area contributed by atoms with Crippen LogP contribution >= 0.6 is 11.6 Å². The lowest BCUT2D eigenvalue weighted by atomic mass is 10.00. The summed E-state index contributed by atoms with van der Waals surface area (Å²) < 4.78 is 0. The van der Waals surface area contributed by atoms with E-state index in [4.69, 9.17) is 11.6 Å². The van der Waals surface area contributed by atoms with Crippen LogP contribution in [0, 0.1) is 11.3 Å². The second-order valence-corrected chi connectivity index (χ2v) is 5.94. The largest absolute Gasteiger partial charge is 0.350 e. The topological polar surface area (TPSA) is 57.7 Å². The van der Waals surface area contributed by atoms with Crippen molar-refractivity contribution >= 4 is 17.4 Å². The number of piperidine rings is 1. The third kappa shape index (κ3) is 2.79. The Labute approximate surface area is 135 Å². The summed E-state index contributed by atoms with van der Waals surface area (Å²) in [6, 6.07) is 9.90. The number of rotatable bonds is 3. The number of nitriles is 1. The van der Waals surface area contributed by atoms with E-state index in [-0.39, 0.29) is 0 Å². The molecule has 22 heavy (non-hydrogen) atoms. The lowest BCUT2D eigenvalue weighted by molar-refractivity contribution is 0.446. The molecule has 5 nitrogen and oxygen atoms in total. The van der Waals surface area contributed by atoms with Crippen molar-refractivity contribution < 1.29 is 0 Å². The summed E-state index contributed by atoms with van der Waals surface area (Å²) >= 11 is 5.91. The highest BCUT2D eigenvalue weighted by Gasteiger charge is 2.26. The van der Waals surface area contributed by atoms with Gasteiger partial charge in [0.25, 0.3) is 0 Å². The lowest BCUT2D eigenvalue weighted by Gasteiger charge is -2.35. The van der Waals surface area contributed by atoms with Crippen LogP contribution in [0.25, 0.3) is 5.69 Å². The van der Waals surface area contributed by atoms with E-state index in [1.54, 1.807) is 12.1 Å². The summed E-state index contributed by atoms with van der Waals surface area (Å²) in [6.45, 7) is 3.12. The molecule has 0 bridgehead atoms. The summed E-state index contributed by atoms with van der Waals surface area (Å²) in [6.07, 6.45) is 4.57. The van der Waals surface area contributed by atoms with Crippen molar-refractivity contribution in [2.45, 2.75) is 38.6 Å². The fourth-order valence-corrected chi connectivity index (χ4v) is 3.08.